The molecule has 0 amide bonds. The molecule has 0 aliphatic carbocycles. The van der Waals surface area contributed by atoms with Crippen molar-refractivity contribution in [2.45, 2.75) is 32.2 Å². The number of rotatable bonds is 6. The van der Waals surface area contributed by atoms with Crippen LogP contribution in [-0.4, -0.2) is 35.1 Å². The standard InChI is InChI=1S/C14H20BrNO2/c1-14(2,10-13(17)18)16(3)9-8-11-4-6-12(15)7-5-11/h4-7H,8-10H2,1-3H3,(H,17,18). The fraction of sp³-hybridized carbons (Fsp3) is 0.500. The molecule has 0 atom stereocenters. The van der Waals surface area contributed by atoms with Crippen LogP contribution in [0.15, 0.2) is 28.7 Å². The molecule has 0 unspecified atom stereocenters. The van der Waals surface area contributed by atoms with E-state index in [0.717, 1.165) is 17.4 Å². The number of carboxylic acid groups (broad SMARTS) is 1. The number of nitrogens with zero attached hydrogens (tertiary/aromatic N) is 1. The second-order valence-electron chi connectivity index (χ2n) is 5.18. The third-order valence-corrected chi connectivity index (χ3v) is 3.80. The van der Waals surface area contributed by atoms with Crippen molar-refractivity contribution >= 4 is 21.9 Å². The molecule has 3 nitrogen and oxygen atoms in total. The molecule has 0 heterocycles. The summed E-state index contributed by atoms with van der Waals surface area (Å²) in [6.07, 6.45) is 1.08. The minimum Gasteiger partial charge on any atom is -0.481 e. The minimum absolute atomic E-state index is 0.157. The predicted octanol–water partition coefficient (Wildman–Crippen LogP) is 3.18. The summed E-state index contributed by atoms with van der Waals surface area (Å²) in [5.74, 6) is -0.754. The van der Waals surface area contributed by atoms with E-state index >= 15 is 0 Å². The lowest BCUT2D eigenvalue weighted by atomic mass is 9.98. The number of halogens is 1. The molecular formula is C14H20BrNO2. The van der Waals surface area contributed by atoms with Crippen LogP contribution in [0.2, 0.25) is 0 Å². The van der Waals surface area contributed by atoms with Crippen molar-refractivity contribution in [3.63, 3.8) is 0 Å². The van der Waals surface area contributed by atoms with Crippen LogP contribution in [0.25, 0.3) is 0 Å². The molecule has 0 saturated carbocycles. The van der Waals surface area contributed by atoms with Crippen LogP contribution in [0.3, 0.4) is 0 Å². The highest BCUT2D eigenvalue weighted by molar-refractivity contribution is 9.10. The summed E-state index contributed by atoms with van der Waals surface area (Å²) in [6, 6.07) is 8.22. The number of carbonyl (C=O) groups is 1. The first-order valence-corrected chi connectivity index (χ1v) is 6.78. The van der Waals surface area contributed by atoms with Crippen molar-refractivity contribution in [2.24, 2.45) is 0 Å². The van der Waals surface area contributed by atoms with Gasteiger partial charge in [-0.3, -0.25) is 4.79 Å². The minimum atomic E-state index is -0.754. The first-order chi connectivity index (χ1) is 8.31. The lowest BCUT2D eigenvalue weighted by molar-refractivity contribution is -0.139. The normalized spacial score (nSPS) is 11.8. The Morgan fingerprint density at radius 3 is 2.39 bits per heavy atom. The zero-order valence-corrected chi connectivity index (χ0v) is 12.7. The molecule has 0 aliphatic rings. The van der Waals surface area contributed by atoms with Gasteiger partial charge in [-0.25, -0.2) is 0 Å². The van der Waals surface area contributed by atoms with E-state index in [1.165, 1.54) is 5.56 Å². The second kappa shape index (κ2) is 6.34. The Labute approximate surface area is 117 Å². The Bertz CT molecular complexity index is 401. The maximum atomic E-state index is 10.8. The van der Waals surface area contributed by atoms with Crippen LogP contribution in [0, 0.1) is 0 Å². The number of carboxylic acids is 1. The van der Waals surface area contributed by atoms with Gasteiger partial charge in [-0.1, -0.05) is 28.1 Å². The van der Waals surface area contributed by atoms with Crippen molar-refractivity contribution in [3.8, 4) is 0 Å². The highest BCUT2D eigenvalue weighted by Gasteiger charge is 2.26. The van der Waals surface area contributed by atoms with Gasteiger partial charge in [0.05, 0.1) is 6.42 Å². The lowest BCUT2D eigenvalue weighted by Gasteiger charge is -2.34. The van der Waals surface area contributed by atoms with Gasteiger partial charge in [-0.05, 0) is 45.0 Å². The molecule has 0 aromatic heterocycles. The van der Waals surface area contributed by atoms with Gasteiger partial charge in [0.1, 0.15) is 0 Å². The van der Waals surface area contributed by atoms with Gasteiger partial charge in [0.25, 0.3) is 0 Å². The van der Waals surface area contributed by atoms with Crippen molar-refractivity contribution in [1.82, 2.24) is 4.90 Å². The monoisotopic (exact) mass is 313 g/mol. The number of likely N-dealkylation sites (N-methyl/N-ethyl adjacent to an activating group) is 1. The summed E-state index contributed by atoms with van der Waals surface area (Å²) in [5.41, 5.74) is 0.942. The third-order valence-electron chi connectivity index (χ3n) is 3.27. The molecular weight excluding hydrogens is 294 g/mol. The summed E-state index contributed by atoms with van der Waals surface area (Å²) < 4.78 is 1.07. The number of aliphatic carboxylic acids is 1. The van der Waals surface area contributed by atoms with Gasteiger partial charge in [0.15, 0.2) is 0 Å². The number of hydrogen-bond donors (Lipinski definition) is 1. The average Bonchev–Trinajstić information content (AvgIpc) is 2.26. The summed E-state index contributed by atoms with van der Waals surface area (Å²) >= 11 is 3.41. The second-order valence-corrected chi connectivity index (χ2v) is 6.10. The van der Waals surface area contributed by atoms with Gasteiger partial charge in [0.2, 0.25) is 0 Å². The molecule has 0 aliphatic heterocycles. The van der Waals surface area contributed by atoms with Gasteiger partial charge >= 0.3 is 5.97 Å². The fourth-order valence-electron chi connectivity index (χ4n) is 1.76. The summed E-state index contributed by atoms with van der Waals surface area (Å²) in [4.78, 5) is 12.9. The van der Waals surface area contributed by atoms with Crippen LogP contribution >= 0.6 is 15.9 Å². The molecule has 1 rings (SSSR count). The topological polar surface area (TPSA) is 40.5 Å². The Morgan fingerprint density at radius 2 is 1.89 bits per heavy atom. The van der Waals surface area contributed by atoms with E-state index in [0.29, 0.717) is 0 Å². The average molecular weight is 314 g/mol. The van der Waals surface area contributed by atoms with Gasteiger partial charge in [-0.15, -0.1) is 0 Å². The van der Waals surface area contributed by atoms with E-state index < -0.39 is 5.97 Å². The van der Waals surface area contributed by atoms with Crippen molar-refractivity contribution in [3.05, 3.63) is 34.3 Å². The fourth-order valence-corrected chi connectivity index (χ4v) is 2.02. The van der Waals surface area contributed by atoms with Crippen molar-refractivity contribution in [1.29, 1.82) is 0 Å². The lowest BCUT2D eigenvalue weighted by Crippen LogP contribution is -2.43. The number of benzene rings is 1. The molecule has 0 bridgehead atoms. The summed E-state index contributed by atoms with van der Waals surface area (Å²) in [6.45, 7) is 4.77. The van der Waals surface area contributed by atoms with Crippen molar-refractivity contribution in [2.75, 3.05) is 13.6 Å². The van der Waals surface area contributed by atoms with Crippen LogP contribution in [0.5, 0.6) is 0 Å². The molecule has 4 heteroatoms. The molecule has 100 valence electrons. The van der Waals surface area contributed by atoms with E-state index in [4.69, 9.17) is 5.11 Å². The molecule has 0 spiro atoms. The first-order valence-electron chi connectivity index (χ1n) is 5.99. The predicted molar refractivity (Wildman–Crippen MR) is 76.8 cm³/mol. The van der Waals surface area contributed by atoms with Gasteiger partial charge in [-0.2, -0.15) is 0 Å². The smallest absolute Gasteiger partial charge is 0.305 e. The zero-order valence-electron chi connectivity index (χ0n) is 11.1. The SMILES string of the molecule is CN(CCc1ccc(Br)cc1)C(C)(C)CC(=O)O. The first kappa shape index (κ1) is 15.2. The number of hydrogen-bond acceptors (Lipinski definition) is 2. The largest absolute Gasteiger partial charge is 0.481 e. The molecule has 1 N–H and O–H groups in total. The molecule has 0 saturated heterocycles. The Kier molecular flexibility index (Phi) is 5.35. The van der Waals surface area contributed by atoms with E-state index in [2.05, 4.69) is 33.0 Å². The van der Waals surface area contributed by atoms with E-state index in [-0.39, 0.29) is 12.0 Å². The molecule has 0 radical (unpaired) electrons. The third kappa shape index (κ3) is 4.78. The maximum Gasteiger partial charge on any atom is 0.305 e. The zero-order chi connectivity index (χ0) is 13.8. The van der Waals surface area contributed by atoms with E-state index in [1.807, 2.05) is 33.0 Å². The van der Waals surface area contributed by atoms with Gasteiger partial charge in [0, 0.05) is 16.6 Å². The highest BCUT2D eigenvalue weighted by Crippen LogP contribution is 2.18. The summed E-state index contributed by atoms with van der Waals surface area (Å²) in [5, 5.41) is 8.88. The van der Waals surface area contributed by atoms with E-state index in [9.17, 15) is 4.79 Å². The quantitative estimate of drug-likeness (QED) is 0.877. The van der Waals surface area contributed by atoms with Crippen LogP contribution < -0.4 is 0 Å². The Morgan fingerprint density at radius 1 is 1.33 bits per heavy atom. The Balaban J connectivity index is 2.52. The highest BCUT2D eigenvalue weighted by atomic mass is 79.9. The maximum absolute atomic E-state index is 10.8. The van der Waals surface area contributed by atoms with Crippen LogP contribution in [0.4, 0.5) is 0 Å². The summed E-state index contributed by atoms with van der Waals surface area (Å²) in [7, 11) is 1.97. The molecule has 1 aromatic rings. The van der Waals surface area contributed by atoms with E-state index in [1.54, 1.807) is 0 Å². The molecule has 0 fully saturated rings. The van der Waals surface area contributed by atoms with Crippen molar-refractivity contribution < 1.29 is 9.90 Å². The molecule has 1 aromatic carbocycles. The van der Waals surface area contributed by atoms with Gasteiger partial charge < -0.3 is 10.0 Å². The molecule has 18 heavy (non-hydrogen) atoms. The van der Waals surface area contributed by atoms with Crippen LogP contribution in [-0.2, 0) is 11.2 Å². The van der Waals surface area contributed by atoms with Crippen LogP contribution in [0.1, 0.15) is 25.8 Å². The Hall–Kier alpha value is -0.870.